The van der Waals surface area contributed by atoms with E-state index < -0.39 is 6.36 Å². The highest BCUT2D eigenvalue weighted by Crippen LogP contribution is 2.26. The molecule has 1 aromatic heterocycles. The predicted molar refractivity (Wildman–Crippen MR) is 90.6 cm³/mol. The fourth-order valence-electron chi connectivity index (χ4n) is 2.66. The van der Waals surface area contributed by atoms with Crippen LogP contribution in [0.4, 0.5) is 13.2 Å². The van der Waals surface area contributed by atoms with Gasteiger partial charge in [0.2, 0.25) is 0 Å². The van der Waals surface area contributed by atoms with E-state index in [-0.39, 0.29) is 24.5 Å². The van der Waals surface area contributed by atoms with Crippen molar-refractivity contribution >= 4 is 10.8 Å². The third-order valence-electron chi connectivity index (χ3n) is 3.78. The number of benzene rings is 2. The van der Waals surface area contributed by atoms with Gasteiger partial charge in [0, 0.05) is 17.5 Å². The van der Waals surface area contributed by atoms with Gasteiger partial charge in [-0.3, -0.25) is 9.69 Å². The molecule has 0 bridgehead atoms. The second kappa shape index (κ2) is 7.17. The molecule has 1 heterocycles. The molecular weight excluding hydrogens is 347 g/mol. The van der Waals surface area contributed by atoms with Crippen LogP contribution in [0.5, 0.6) is 5.75 Å². The van der Waals surface area contributed by atoms with Crippen molar-refractivity contribution in [2.45, 2.75) is 19.6 Å². The number of halogens is 3. The lowest BCUT2D eigenvalue weighted by atomic mass is 10.2. The summed E-state index contributed by atoms with van der Waals surface area (Å²) in [6, 6.07) is 13.0. The first kappa shape index (κ1) is 17.9. The molecule has 2 aromatic carbocycles. The number of hydrogen-bond donors (Lipinski definition) is 0. The van der Waals surface area contributed by atoms with E-state index in [0.717, 1.165) is 5.39 Å². The number of hydrogen-bond acceptors (Lipinski definition) is 4. The number of aromatic nitrogens is 2. The standard InChI is InChI=1S/C18H16F3N3O2/c1-23(11-14-7-3-5-9-16(14)26-18(19,20)21)12-24-17(25)15-8-4-2-6-13(15)10-22-24/h2-10H,11-12H2,1H3. The Bertz CT molecular complexity index is 970. The van der Waals surface area contributed by atoms with Crippen LogP contribution in [0.15, 0.2) is 59.5 Å². The molecule has 136 valence electrons. The first-order valence-electron chi connectivity index (χ1n) is 7.80. The Morgan fingerprint density at radius 3 is 2.58 bits per heavy atom. The highest BCUT2D eigenvalue weighted by Gasteiger charge is 2.32. The summed E-state index contributed by atoms with van der Waals surface area (Å²) in [6.07, 6.45) is -3.17. The van der Waals surface area contributed by atoms with E-state index in [2.05, 4.69) is 9.84 Å². The molecule has 0 unspecified atom stereocenters. The molecule has 0 aliphatic carbocycles. The van der Waals surface area contributed by atoms with E-state index in [1.54, 1.807) is 48.5 Å². The number of ether oxygens (including phenoxy) is 1. The van der Waals surface area contributed by atoms with Crippen molar-refractivity contribution in [3.8, 4) is 5.75 Å². The Kier molecular flexibility index (Phi) is 4.94. The van der Waals surface area contributed by atoms with Crippen LogP contribution in [0, 0.1) is 0 Å². The fourth-order valence-corrected chi connectivity index (χ4v) is 2.66. The van der Waals surface area contributed by atoms with E-state index >= 15 is 0 Å². The van der Waals surface area contributed by atoms with E-state index in [1.165, 1.54) is 16.8 Å². The third kappa shape index (κ3) is 4.20. The normalized spacial score (nSPS) is 11.9. The van der Waals surface area contributed by atoms with Crippen molar-refractivity contribution in [3.63, 3.8) is 0 Å². The van der Waals surface area contributed by atoms with Crippen LogP contribution in [0.2, 0.25) is 0 Å². The molecule has 3 rings (SSSR count). The van der Waals surface area contributed by atoms with Gasteiger partial charge >= 0.3 is 6.36 Å². The van der Waals surface area contributed by atoms with Gasteiger partial charge < -0.3 is 4.74 Å². The van der Waals surface area contributed by atoms with Crippen molar-refractivity contribution in [1.82, 2.24) is 14.7 Å². The van der Waals surface area contributed by atoms with Gasteiger partial charge in [0.25, 0.3) is 5.56 Å². The average molecular weight is 363 g/mol. The topological polar surface area (TPSA) is 47.4 Å². The van der Waals surface area contributed by atoms with E-state index in [4.69, 9.17) is 0 Å². The number of fused-ring (bicyclic) bond motifs is 1. The van der Waals surface area contributed by atoms with Gasteiger partial charge in [-0.1, -0.05) is 36.4 Å². The van der Waals surface area contributed by atoms with Crippen LogP contribution in [0.25, 0.3) is 10.8 Å². The fraction of sp³-hybridized carbons (Fsp3) is 0.222. The quantitative estimate of drug-likeness (QED) is 0.697. The molecule has 0 fully saturated rings. The molecule has 0 N–H and O–H groups in total. The summed E-state index contributed by atoms with van der Waals surface area (Å²) in [6.45, 7) is 0.289. The molecule has 0 spiro atoms. The van der Waals surface area contributed by atoms with Crippen LogP contribution in [0.3, 0.4) is 0 Å². The summed E-state index contributed by atoms with van der Waals surface area (Å²) in [7, 11) is 1.69. The highest BCUT2D eigenvalue weighted by molar-refractivity contribution is 5.80. The largest absolute Gasteiger partial charge is 0.573 e. The minimum atomic E-state index is -4.76. The van der Waals surface area contributed by atoms with Crippen LogP contribution < -0.4 is 10.3 Å². The first-order chi connectivity index (χ1) is 12.3. The van der Waals surface area contributed by atoms with E-state index in [1.807, 2.05) is 6.07 Å². The molecule has 0 atom stereocenters. The Labute approximate surface area is 147 Å². The van der Waals surface area contributed by atoms with Gasteiger partial charge in [-0.05, 0) is 19.2 Å². The maximum Gasteiger partial charge on any atom is 0.573 e. The number of para-hydroxylation sites is 1. The molecule has 8 heteroatoms. The average Bonchev–Trinajstić information content (AvgIpc) is 2.58. The van der Waals surface area contributed by atoms with Gasteiger partial charge in [0.05, 0.1) is 18.3 Å². The van der Waals surface area contributed by atoms with Crippen LogP contribution >= 0.6 is 0 Å². The maximum absolute atomic E-state index is 12.5. The molecule has 5 nitrogen and oxygen atoms in total. The van der Waals surface area contributed by atoms with Gasteiger partial charge in [0.15, 0.2) is 0 Å². The first-order valence-corrected chi connectivity index (χ1v) is 7.80. The molecule has 0 saturated carbocycles. The minimum Gasteiger partial charge on any atom is -0.405 e. The van der Waals surface area contributed by atoms with Crippen LogP contribution in [-0.4, -0.2) is 28.1 Å². The van der Waals surface area contributed by atoms with Gasteiger partial charge in [-0.15, -0.1) is 13.2 Å². The summed E-state index contributed by atoms with van der Waals surface area (Å²) in [5.41, 5.74) is 0.107. The zero-order chi connectivity index (χ0) is 18.7. The molecule has 0 aliphatic rings. The summed E-state index contributed by atoms with van der Waals surface area (Å²) < 4.78 is 42.9. The van der Waals surface area contributed by atoms with Gasteiger partial charge in [-0.25, -0.2) is 4.68 Å². The predicted octanol–water partition coefficient (Wildman–Crippen LogP) is 3.38. The molecular formula is C18H16F3N3O2. The second-order valence-corrected chi connectivity index (χ2v) is 5.85. The Morgan fingerprint density at radius 2 is 1.81 bits per heavy atom. The van der Waals surface area contributed by atoms with Crippen LogP contribution in [0.1, 0.15) is 5.56 Å². The minimum absolute atomic E-state index is 0.129. The summed E-state index contributed by atoms with van der Waals surface area (Å²) in [5, 5.41) is 5.40. The number of rotatable bonds is 5. The van der Waals surface area contributed by atoms with Gasteiger partial charge in [0.1, 0.15) is 5.75 Å². The van der Waals surface area contributed by atoms with Crippen LogP contribution in [-0.2, 0) is 13.2 Å². The maximum atomic E-state index is 12.5. The zero-order valence-corrected chi connectivity index (χ0v) is 13.9. The summed E-state index contributed by atoms with van der Waals surface area (Å²) >= 11 is 0. The van der Waals surface area contributed by atoms with Crippen molar-refractivity contribution in [2.24, 2.45) is 0 Å². The molecule has 26 heavy (non-hydrogen) atoms. The monoisotopic (exact) mass is 363 g/mol. The van der Waals surface area contributed by atoms with Crippen molar-refractivity contribution in [3.05, 3.63) is 70.6 Å². The molecule has 0 radical (unpaired) electrons. The van der Waals surface area contributed by atoms with Crippen molar-refractivity contribution in [2.75, 3.05) is 7.05 Å². The smallest absolute Gasteiger partial charge is 0.405 e. The lowest BCUT2D eigenvalue weighted by Crippen LogP contribution is -2.31. The Hall–Kier alpha value is -2.87. The van der Waals surface area contributed by atoms with E-state index in [9.17, 15) is 18.0 Å². The Balaban J connectivity index is 1.79. The van der Waals surface area contributed by atoms with Crippen molar-refractivity contribution in [1.29, 1.82) is 0 Å². The van der Waals surface area contributed by atoms with E-state index in [0.29, 0.717) is 10.9 Å². The zero-order valence-electron chi connectivity index (χ0n) is 13.9. The summed E-state index contributed by atoms with van der Waals surface area (Å²) in [5.74, 6) is -0.259. The molecule has 0 saturated heterocycles. The molecule has 0 amide bonds. The lowest BCUT2D eigenvalue weighted by Gasteiger charge is -2.20. The second-order valence-electron chi connectivity index (χ2n) is 5.85. The molecule has 0 aliphatic heterocycles. The SMILES string of the molecule is CN(Cc1ccccc1OC(F)(F)F)Cn1ncc2ccccc2c1=O. The molecule has 3 aromatic rings. The summed E-state index contributed by atoms with van der Waals surface area (Å²) in [4.78, 5) is 14.2. The highest BCUT2D eigenvalue weighted by atomic mass is 19.4. The van der Waals surface area contributed by atoms with Gasteiger partial charge in [-0.2, -0.15) is 5.10 Å². The lowest BCUT2D eigenvalue weighted by molar-refractivity contribution is -0.275. The third-order valence-corrected chi connectivity index (χ3v) is 3.78. The number of alkyl halides is 3. The Morgan fingerprint density at radius 1 is 1.12 bits per heavy atom. The number of nitrogens with zero attached hydrogens (tertiary/aromatic N) is 3. The van der Waals surface area contributed by atoms with Crippen molar-refractivity contribution < 1.29 is 17.9 Å².